The van der Waals surface area contributed by atoms with Crippen LogP contribution in [0.2, 0.25) is 0 Å². The molecular formula is C32H46N4O7. The number of methoxy groups -OCH3 is 2. The van der Waals surface area contributed by atoms with Gasteiger partial charge in [-0.2, -0.15) is 0 Å². The number of phenolic OH excluding ortho intramolecular Hbond substituents is 2. The summed E-state index contributed by atoms with van der Waals surface area (Å²) < 4.78 is 16.8. The summed E-state index contributed by atoms with van der Waals surface area (Å²) >= 11 is 0. The van der Waals surface area contributed by atoms with E-state index in [0.717, 1.165) is 24.0 Å². The molecule has 2 aromatic rings. The number of nitrogens with zero attached hydrogens (tertiary/aromatic N) is 1. The number of ether oxygens (including phenoxy) is 3. The molecule has 0 bridgehead atoms. The van der Waals surface area contributed by atoms with Gasteiger partial charge in [0.1, 0.15) is 5.60 Å². The fourth-order valence-electron chi connectivity index (χ4n) is 5.49. The Hall–Kier alpha value is -3.80. The van der Waals surface area contributed by atoms with Crippen LogP contribution in [0.1, 0.15) is 49.7 Å². The van der Waals surface area contributed by atoms with Crippen LogP contribution in [0.25, 0.3) is 0 Å². The Morgan fingerprint density at radius 3 is 2.65 bits per heavy atom. The number of carbonyl (C=O) groups excluding carboxylic acids is 1. The zero-order valence-corrected chi connectivity index (χ0v) is 25.6. The van der Waals surface area contributed by atoms with Crippen LogP contribution in [0, 0.1) is 5.92 Å². The van der Waals surface area contributed by atoms with Gasteiger partial charge in [0.25, 0.3) is 0 Å². The number of carbonyl (C=O) groups is 1. The highest BCUT2D eigenvalue weighted by Gasteiger charge is 2.42. The standard InChI is InChI=1S/C32H46N4O7/c1-34-20-32(14-13-23(19-32)18-29(39)42-4)43-28-17-22(15-25(30(28)40)36-31(33)35-2)7-5-6-8-24(37)11-9-21-10-12-26(38)27(16-21)41-3/h6,8,10,12,15-17,23,29,34,38-40H,5,7,9,11,13-14,18-20H2,1-4H3,(H3,33,35,36)/t23-,29-,32+/m1/s1. The first-order chi connectivity index (χ1) is 20.6. The summed E-state index contributed by atoms with van der Waals surface area (Å²) in [6.45, 7) is 0.569. The van der Waals surface area contributed by atoms with Crippen molar-refractivity contribution in [2.75, 3.05) is 40.2 Å². The normalized spacial score (nSPS) is 19.5. The molecule has 0 radical (unpaired) electrons. The van der Waals surface area contributed by atoms with Crippen molar-refractivity contribution in [2.24, 2.45) is 16.6 Å². The zero-order chi connectivity index (χ0) is 31.4. The molecule has 1 aliphatic rings. The van der Waals surface area contributed by atoms with E-state index in [2.05, 4.69) is 15.6 Å². The highest BCUT2D eigenvalue weighted by atomic mass is 16.6. The SMILES string of the molecule is CN=C(N)Nc1cc(CCC=CC(=O)CCc2ccc(O)c(OC)c2)cc(O[C@@]2(CNC)CC[C@H](C[C@H](O)OC)C2)c1O. The molecule has 3 rings (SSSR count). The maximum absolute atomic E-state index is 12.5. The zero-order valence-electron chi connectivity index (χ0n) is 25.6. The lowest BCUT2D eigenvalue weighted by Gasteiger charge is -2.32. The van der Waals surface area contributed by atoms with Gasteiger partial charge in [-0.15, -0.1) is 0 Å². The highest BCUT2D eigenvalue weighted by Crippen LogP contribution is 2.44. The molecule has 1 aliphatic carbocycles. The first-order valence-corrected chi connectivity index (χ1v) is 14.6. The van der Waals surface area contributed by atoms with Crippen LogP contribution in [0.5, 0.6) is 23.0 Å². The summed E-state index contributed by atoms with van der Waals surface area (Å²) in [5.41, 5.74) is 7.51. The predicted octanol–water partition coefficient (Wildman–Crippen LogP) is 3.65. The second-order valence-electron chi connectivity index (χ2n) is 11.0. The van der Waals surface area contributed by atoms with Crippen molar-refractivity contribution in [3.05, 3.63) is 53.6 Å². The van der Waals surface area contributed by atoms with E-state index in [1.165, 1.54) is 14.2 Å². The second kappa shape index (κ2) is 16.2. The van der Waals surface area contributed by atoms with Gasteiger partial charge in [0.15, 0.2) is 41.0 Å². The summed E-state index contributed by atoms with van der Waals surface area (Å²) in [6.07, 6.45) is 7.49. The molecule has 0 spiro atoms. The lowest BCUT2D eigenvalue weighted by molar-refractivity contribution is -0.114. The van der Waals surface area contributed by atoms with Crippen molar-refractivity contribution in [1.82, 2.24) is 5.32 Å². The molecule has 7 N–H and O–H groups in total. The fourth-order valence-corrected chi connectivity index (χ4v) is 5.49. The summed E-state index contributed by atoms with van der Waals surface area (Å²) in [5.74, 6) is 1.07. The number of likely N-dealkylation sites (N-methyl/N-ethyl adjacent to an activating group) is 1. The third-order valence-corrected chi connectivity index (χ3v) is 7.75. The third-order valence-electron chi connectivity index (χ3n) is 7.75. The second-order valence-corrected chi connectivity index (χ2v) is 11.0. The number of ketones is 1. The maximum atomic E-state index is 12.5. The van der Waals surface area contributed by atoms with E-state index in [1.807, 2.05) is 19.2 Å². The number of anilines is 1. The van der Waals surface area contributed by atoms with E-state index in [-0.39, 0.29) is 29.2 Å². The molecule has 0 unspecified atom stereocenters. The maximum Gasteiger partial charge on any atom is 0.192 e. The van der Waals surface area contributed by atoms with Gasteiger partial charge < -0.3 is 45.9 Å². The van der Waals surface area contributed by atoms with Gasteiger partial charge in [-0.1, -0.05) is 12.1 Å². The molecule has 2 aromatic carbocycles. The largest absolute Gasteiger partial charge is 0.504 e. The van der Waals surface area contributed by atoms with E-state index in [0.29, 0.717) is 62.3 Å². The number of aryl methyl sites for hydroxylation is 2. The molecule has 0 aliphatic heterocycles. The molecule has 0 aromatic heterocycles. The number of allylic oxidation sites excluding steroid dienone is 2. The molecule has 11 heteroatoms. The monoisotopic (exact) mass is 598 g/mol. The Morgan fingerprint density at radius 2 is 1.95 bits per heavy atom. The van der Waals surface area contributed by atoms with Crippen LogP contribution in [0.4, 0.5) is 5.69 Å². The van der Waals surface area contributed by atoms with Crippen molar-refractivity contribution >= 4 is 17.4 Å². The molecule has 3 atom stereocenters. The average molecular weight is 599 g/mol. The number of aliphatic imine (C=N–C) groups is 1. The number of aromatic hydroxyl groups is 2. The first kappa shape index (κ1) is 33.7. The van der Waals surface area contributed by atoms with Gasteiger partial charge in [0.05, 0.1) is 12.8 Å². The van der Waals surface area contributed by atoms with Gasteiger partial charge in [-0.25, -0.2) is 0 Å². The van der Waals surface area contributed by atoms with Gasteiger partial charge >= 0.3 is 0 Å². The number of benzene rings is 2. The van der Waals surface area contributed by atoms with E-state index in [4.69, 9.17) is 19.9 Å². The van der Waals surface area contributed by atoms with Crippen LogP contribution in [-0.4, -0.2) is 73.8 Å². The van der Waals surface area contributed by atoms with E-state index < -0.39 is 11.9 Å². The lowest BCUT2D eigenvalue weighted by atomic mass is 9.97. The first-order valence-electron chi connectivity index (χ1n) is 14.6. The number of aliphatic hydroxyl groups excluding tert-OH is 1. The molecule has 0 saturated heterocycles. The quantitative estimate of drug-likeness (QED) is 0.0552. The number of aliphatic hydroxyl groups is 1. The number of nitrogens with one attached hydrogen (secondary N) is 2. The Kier molecular flexibility index (Phi) is 12.7. The Balaban J connectivity index is 1.70. The molecule has 43 heavy (non-hydrogen) atoms. The molecule has 1 fully saturated rings. The Bertz CT molecular complexity index is 1280. The molecule has 0 heterocycles. The minimum absolute atomic E-state index is 0.000515. The Morgan fingerprint density at radius 1 is 1.19 bits per heavy atom. The summed E-state index contributed by atoms with van der Waals surface area (Å²) in [7, 11) is 6.39. The van der Waals surface area contributed by atoms with E-state index >= 15 is 0 Å². The summed E-state index contributed by atoms with van der Waals surface area (Å²) in [4.78, 5) is 16.4. The van der Waals surface area contributed by atoms with Crippen molar-refractivity contribution in [3.8, 4) is 23.0 Å². The molecular weight excluding hydrogens is 552 g/mol. The van der Waals surface area contributed by atoms with E-state index in [1.54, 1.807) is 37.4 Å². The van der Waals surface area contributed by atoms with Crippen LogP contribution in [0.15, 0.2) is 47.5 Å². The van der Waals surface area contributed by atoms with Crippen molar-refractivity contribution in [1.29, 1.82) is 0 Å². The van der Waals surface area contributed by atoms with Crippen molar-refractivity contribution < 1.29 is 34.3 Å². The third kappa shape index (κ3) is 9.87. The Labute approximate surface area is 253 Å². The van der Waals surface area contributed by atoms with Crippen LogP contribution >= 0.6 is 0 Å². The number of rotatable bonds is 16. The van der Waals surface area contributed by atoms with Crippen LogP contribution < -0.4 is 25.8 Å². The number of hydrogen-bond donors (Lipinski definition) is 6. The smallest absolute Gasteiger partial charge is 0.192 e. The summed E-state index contributed by atoms with van der Waals surface area (Å²) in [5, 5.41) is 37.0. The van der Waals surface area contributed by atoms with Gasteiger partial charge in [-0.05, 0) is 93.0 Å². The summed E-state index contributed by atoms with van der Waals surface area (Å²) in [6, 6.07) is 8.68. The molecule has 236 valence electrons. The molecule has 1 saturated carbocycles. The minimum atomic E-state index is -0.824. The predicted molar refractivity (Wildman–Crippen MR) is 167 cm³/mol. The number of guanidine groups is 1. The highest BCUT2D eigenvalue weighted by molar-refractivity contribution is 5.94. The lowest BCUT2D eigenvalue weighted by Crippen LogP contribution is -2.43. The number of hydrogen-bond acceptors (Lipinski definition) is 9. The van der Waals surface area contributed by atoms with Crippen LogP contribution in [-0.2, 0) is 22.4 Å². The van der Waals surface area contributed by atoms with Crippen molar-refractivity contribution in [3.63, 3.8) is 0 Å². The molecule has 0 amide bonds. The number of nitrogens with two attached hydrogens (primary N) is 1. The fraction of sp³-hybridized carbons (Fsp3) is 0.500. The van der Waals surface area contributed by atoms with Gasteiger partial charge in [0, 0.05) is 33.5 Å². The topological polar surface area (TPSA) is 168 Å². The van der Waals surface area contributed by atoms with E-state index in [9.17, 15) is 20.1 Å². The van der Waals surface area contributed by atoms with Crippen molar-refractivity contribution in [2.45, 2.75) is 63.3 Å². The molecule has 11 nitrogen and oxygen atoms in total. The minimum Gasteiger partial charge on any atom is -0.504 e. The average Bonchev–Trinajstić information content (AvgIpc) is 3.38. The van der Waals surface area contributed by atoms with Gasteiger partial charge in [-0.3, -0.25) is 9.79 Å². The number of phenols is 2. The van der Waals surface area contributed by atoms with Crippen LogP contribution in [0.3, 0.4) is 0 Å². The van der Waals surface area contributed by atoms with Gasteiger partial charge in [0.2, 0.25) is 0 Å².